The Morgan fingerprint density at radius 3 is 0.812 bits per heavy atom. The van der Waals surface area contributed by atoms with Crippen molar-refractivity contribution in [3.8, 4) is 11.1 Å². The van der Waals surface area contributed by atoms with E-state index in [0.717, 1.165) is 48.5 Å². The first kappa shape index (κ1) is 44.9. The van der Waals surface area contributed by atoms with Gasteiger partial charge in [0.1, 0.15) is 0 Å². The zero-order chi connectivity index (χ0) is 45.6. The molecular weight excluding hydrogens is 890 g/mol. The van der Waals surface area contributed by atoms with Gasteiger partial charge in [-0.05, 0) is 105 Å². The smallest absolute Gasteiger partial charge is 0.166 e. The van der Waals surface area contributed by atoms with Crippen LogP contribution in [0.5, 0.6) is 0 Å². The normalized spacial score (nSPS) is 12.8. The van der Waals surface area contributed by atoms with Crippen LogP contribution in [-0.4, -0.2) is 0 Å². The average molecular weight is 923 g/mol. The third-order valence-electron chi connectivity index (χ3n) is 10.9. The maximum absolute atomic E-state index is 14.8. The molecule has 0 fully saturated rings. The van der Waals surface area contributed by atoms with Crippen molar-refractivity contribution in [2.75, 3.05) is 0 Å². The Labute approximate surface area is 361 Å². The minimum Gasteiger partial charge on any atom is -0.166 e. The second kappa shape index (κ2) is 17.4. The van der Waals surface area contributed by atoms with Crippen LogP contribution in [0.2, 0.25) is 0 Å². The van der Waals surface area contributed by atoms with Crippen LogP contribution in [0.15, 0.2) is 170 Å². The predicted octanol–water partition coefficient (Wildman–Crippen LogP) is 15.0. The maximum atomic E-state index is 14.8. The monoisotopic (exact) mass is 922 g/mol. The molecule has 0 N–H and O–H groups in total. The summed E-state index contributed by atoms with van der Waals surface area (Å²) >= 11 is 0. The number of fused-ring (bicyclic) bond motifs is 2. The van der Waals surface area contributed by atoms with E-state index in [1.54, 1.807) is 72.8 Å². The molecule has 0 radical (unpaired) electrons. The van der Waals surface area contributed by atoms with Gasteiger partial charge in [-0.1, -0.05) is 146 Å². The van der Waals surface area contributed by atoms with Gasteiger partial charge >= 0.3 is 24.7 Å². The zero-order valence-electron chi connectivity index (χ0n) is 33.0. The van der Waals surface area contributed by atoms with Gasteiger partial charge in [0.15, 0.2) is 0 Å². The molecule has 0 aliphatic rings. The number of alkyl halides is 12. The lowest BCUT2D eigenvalue weighted by Gasteiger charge is -2.29. The van der Waals surface area contributed by atoms with Crippen molar-refractivity contribution in [1.82, 2.24) is 0 Å². The van der Waals surface area contributed by atoms with Crippen molar-refractivity contribution in [2.45, 2.75) is 37.0 Å². The van der Waals surface area contributed by atoms with Gasteiger partial charge in [0.25, 0.3) is 0 Å². The molecule has 14 heteroatoms. The van der Waals surface area contributed by atoms with Crippen molar-refractivity contribution in [1.29, 1.82) is 0 Å². The van der Waals surface area contributed by atoms with Crippen LogP contribution >= 0.6 is 15.8 Å². The number of benzene rings is 8. The Morgan fingerprint density at radius 1 is 0.281 bits per heavy atom. The van der Waals surface area contributed by atoms with Gasteiger partial charge in [-0.2, -0.15) is 52.7 Å². The van der Waals surface area contributed by atoms with Gasteiger partial charge in [0.05, 0.1) is 22.3 Å². The van der Waals surface area contributed by atoms with Crippen LogP contribution in [-0.2, 0) is 37.0 Å². The largest absolute Gasteiger partial charge is 0.417 e. The van der Waals surface area contributed by atoms with E-state index >= 15 is 0 Å². The molecule has 8 aromatic carbocycles. The second-order valence-electron chi connectivity index (χ2n) is 14.9. The molecule has 0 saturated carbocycles. The van der Waals surface area contributed by atoms with Gasteiger partial charge in [0.2, 0.25) is 0 Å². The molecule has 0 atom stereocenters. The average Bonchev–Trinajstić information content (AvgIpc) is 3.26. The highest BCUT2D eigenvalue weighted by Crippen LogP contribution is 2.52. The van der Waals surface area contributed by atoms with E-state index in [-0.39, 0.29) is 33.5 Å². The van der Waals surface area contributed by atoms with E-state index < -0.39 is 62.8 Å². The molecule has 0 amide bonds. The fourth-order valence-electron chi connectivity index (χ4n) is 8.22. The molecule has 0 aliphatic carbocycles. The van der Waals surface area contributed by atoms with Crippen molar-refractivity contribution in [3.05, 3.63) is 203 Å². The summed E-state index contributed by atoms with van der Waals surface area (Å²) in [7, 11) is -5.04. The maximum Gasteiger partial charge on any atom is 0.417 e. The first-order chi connectivity index (χ1) is 30.3. The standard InChI is InChI=1S/C50H32F12P2/c51-47(52,53)37-17-5-9-21-41(37)63(42-22-10-6-18-38(42)48(54,55)56)29-33-27-25-31-13-1-3-15-35(31)45(33)46-34(28-26-32-14-2-4-16-36(32)46)30-64(43-23-11-7-19-39(43)49(57,58)59)44-24-12-8-20-40(44)50(60,61)62/h1-28H,29-30H2. The van der Waals surface area contributed by atoms with Crippen LogP contribution in [0.3, 0.4) is 0 Å². The lowest BCUT2D eigenvalue weighted by molar-refractivity contribution is -0.137. The topological polar surface area (TPSA) is 0 Å². The third-order valence-corrected chi connectivity index (χ3v) is 16.1. The Kier molecular flexibility index (Phi) is 12.2. The van der Waals surface area contributed by atoms with E-state index in [0.29, 0.717) is 43.8 Å². The first-order valence-electron chi connectivity index (χ1n) is 19.5. The van der Waals surface area contributed by atoms with E-state index in [1.165, 1.54) is 48.5 Å². The van der Waals surface area contributed by atoms with Crippen molar-refractivity contribution < 1.29 is 52.7 Å². The first-order valence-corrected chi connectivity index (χ1v) is 22.6. The fourth-order valence-corrected chi connectivity index (χ4v) is 13.7. The summed E-state index contributed by atoms with van der Waals surface area (Å²) in [5, 5.41) is 0.897. The zero-order valence-corrected chi connectivity index (χ0v) is 34.8. The molecule has 0 saturated heterocycles. The van der Waals surface area contributed by atoms with Crippen molar-refractivity contribution in [2.24, 2.45) is 0 Å². The summed E-state index contributed by atoms with van der Waals surface area (Å²) in [5.41, 5.74) is -3.01. The number of hydrogen-bond acceptors (Lipinski definition) is 0. The number of rotatable bonds is 9. The molecule has 326 valence electrons. The Bertz CT molecular complexity index is 2670. The van der Waals surface area contributed by atoms with Crippen LogP contribution in [0.25, 0.3) is 32.7 Å². The lowest BCUT2D eigenvalue weighted by Crippen LogP contribution is -2.27. The molecule has 64 heavy (non-hydrogen) atoms. The highest BCUT2D eigenvalue weighted by Gasteiger charge is 2.42. The quantitative estimate of drug-likeness (QED) is 0.1000. The summed E-state index contributed by atoms with van der Waals surface area (Å²) in [6, 6.07) is 38.5. The molecule has 0 unspecified atom stereocenters. The highest BCUT2D eigenvalue weighted by atomic mass is 31.1. The van der Waals surface area contributed by atoms with Gasteiger partial charge in [-0.3, -0.25) is 0 Å². The number of halogens is 12. The van der Waals surface area contributed by atoms with Crippen molar-refractivity contribution in [3.63, 3.8) is 0 Å². The van der Waals surface area contributed by atoms with Gasteiger partial charge < -0.3 is 0 Å². The van der Waals surface area contributed by atoms with Crippen LogP contribution < -0.4 is 21.2 Å². The van der Waals surface area contributed by atoms with Crippen LogP contribution in [0.4, 0.5) is 52.7 Å². The molecule has 8 rings (SSSR count). The molecule has 8 aromatic rings. The summed E-state index contributed by atoms with van der Waals surface area (Å²) in [6.07, 6.45) is -20.5. The molecule has 0 spiro atoms. The Balaban J connectivity index is 1.44. The fraction of sp³-hybridized carbons (Fsp3) is 0.120. The lowest BCUT2D eigenvalue weighted by atomic mass is 9.88. The van der Waals surface area contributed by atoms with E-state index in [9.17, 15) is 52.7 Å². The van der Waals surface area contributed by atoms with Crippen molar-refractivity contribution >= 4 is 58.6 Å². The van der Waals surface area contributed by atoms with E-state index in [4.69, 9.17) is 0 Å². The summed E-state index contributed by atoms with van der Waals surface area (Å²) < 4.78 is 178. The molecule has 0 aliphatic heterocycles. The SMILES string of the molecule is FC(F)(F)c1ccccc1P(Cc1ccc2ccccc2c1-c1c(CP(c2ccccc2C(F)(F)F)c2ccccc2C(F)(F)F)ccc2ccccc12)c1ccccc1C(F)(F)F. The van der Waals surface area contributed by atoms with E-state index in [1.807, 2.05) is 0 Å². The Morgan fingerprint density at radius 2 is 0.531 bits per heavy atom. The van der Waals surface area contributed by atoms with E-state index in [2.05, 4.69) is 0 Å². The predicted molar refractivity (Wildman–Crippen MR) is 232 cm³/mol. The van der Waals surface area contributed by atoms with Crippen LogP contribution in [0, 0.1) is 0 Å². The second-order valence-corrected chi connectivity index (χ2v) is 19.1. The third kappa shape index (κ3) is 9.00. The molecule has 0 heterocycles. The molecule has 0 nitrogen and oxygen atoms in total. The van der Waals surface area contributed by atoms with Gasteiger partial charge in [0, 0.05) is 12.3 Å². The van der Waals surface area contributed by atoms with Gasteiger partial charge in [-0.15, -0.1) is 0 Å². The summed E-state index contributed by atoms with van der Waals surface area (Å²) in [6.45, 7) is 0. The van der Waals surface area contributed by atoms with Crippen LogP contribution in [0.1, 0.15) is 33.4 Å². The number of hydrogen-bond donors (Lipinski definition) is 0. The molecule has 0 bridgehead atoms. The van der Waals surface area contributed by atoms with Gasteiger partial charge in [-0.25, -0.2) is 0 Å². The minimum atomic E-state index is -4.95. The molecule has 0 aromatic heterocycles. The highest BCUT2D eigenvalue weighted by molar-refractivity contribution is 7.72. The minimum absolute atomic E-state index is 0.326. The molecular formula is C50H32F12P2. The summed E-state index contributed by atoms with van der Waals surface area (Å²) in [5.74, 6) is 0. The summed E-state index contributed by atoms with van der Waals surface area (Å²) in [4.78, 5) is 0. The Hall–Kier alpha value is -5.70.